The molecular formula is C18H16FN3O. The topological polar surface area (TPSA) is 49.2 Å². The van der Waals surface area contributed by atoms with Crippen LogP contribution >= 0.6 is 0 Å². The molecule has 3 heterocycles. The van der Waals surface area contributed by atoms with Crippen LogP contribution < -0.4 is 4.90 Å². The van der Waals surface area contributed by atoms with Crippen LogP contribution in [0.25, 0.3) is 10.9 Å². The number of aliphatic hydroxyl groups is 1. The Hall–Kier alpha value is -2.53. The summed E-state index contributed by atoms with van der Waals surface area (Å²) in [6.07, 6.45) is 5.49. The molecule has 0 radical (unpaired) electrons. The second kappa shape index (κ2) is 5.59. The lowest BCUT2D eigenvalue weighted by Crippen LogP contribution is -2.24. The number of anilines is 1. The van der Waals surface area contributed by atoms with E-state index in [0.717, 1.165) is 22.2 Å². The van der Waals surface area contributed by atoms with Crippen LogP contribution in [0.1, 0.15) is 18.0 Å². The molecule has 0 amide bonds. The van der Waals surface area contributed by atoms with Gasteiger partial charge in [-0.15, -0.1) is 0 Å². The first-order chi connectivity index (χ1) is 11.2. The van der Waals surface area contributed by atoms with Crippen LogP contribution in [0.5, 0.6) is 0 Å². The minimum absolute atomic E-state index is 0.0106. The average Bonchev–Trinajstić information content (AvgIpc) is 2.96. The van der Waals surface area contributed by atoms with Crippen LogP contribution in [0.2, 0.25) is 0 Å². The van der Waals surface area contributed by atoms with E-state index in [1.807, 2.05) is 12.1 Å². The molecule has 0 unspecified atom stereocenters. The number of nitrogens with zero attached hydrogens (tertiary/aromatic N) is 3. The largest absolute Gasteiger partial charge is 0.391 e. The first-order valence-electron chi connectivity index (χ1n) is 7.61. The van der Waals surface area contributed by atoms with E-state index in [2.05, 4.69) is 14.9 Å². The molecule has 4 rings (SSSR count). The monoisotopic (exact) mass is 309 g/mol. The van der Waals surface area contributed by atoms with E-state index in [-0.39, 0.29) is 11.9 Å². The van der Waals surface area contributed by atoms with Crippen molar-refractivity contribution in [1.82, 2.24) is 9.97 Å². The minimum Gasteiger partial charge on any atom is -0.391 e. The lowest BCUT2D eigenvalue weighted by Gasteiger charge is -2.27. The zero-order valence-electron chi connectivity index (χ0n) is 12.4. The average molecular weight is 309 g/mol. The summed E-state index contributed by atoms with van der Waals surface area (Å²) in [5, 5.41) is 11.1. The molecule has 0 bridgehead atoms. The number of pyridine rings is 2. The van der Waals surface area contributed by atoms with Crippen molar-refractivity contribution in [3.63, 3.8) is 0 Å². The van der Waals surface area contributed by atoms with Gasteiger partial charge >= 0.3 is 0 Å². The van der Waals surface area contributed by atoms with E-state index < -0.39 is 6.10 Å². The van der Waals surface area contributed by atoms with Crippen molar-refractivity contribution in [2.45, 2.75) is 18.6 Å². The van der Waals surface area contributed by atoms with E-state index in [0.29, 0.717) is 13.0 Å². The van der Waals surface area contributed by atoms with Crippen LogP contribution in [0, 0.1) is 5.82 Å². The van der Waals surface area contributed by atoms with Crippen LogP contribution in [0.15, 0.2) is 55.0 Å². The fraction of sp³-hybridized carbons (Fsp3) is 0.222. The fourth-order valence-electron chi connectivity index (χ4n) is 3.31. The Morgan fingerprint density at radius 1 is 1.09 bits per heavy atom. The number of benzene rings is 1. The number of fused-ring (bicyclic) bond motifs is 1. The summed E-state index contributed by atoms with van der Waals surface area (Å²) in [6.45, 7) is 0.538. The molecule has 5 heteroatoms. The van der Waals surface area contributed by atoms with Crippen LogP contribution in [0.3, 0.4) is 0 Å². The molecule has 0 spiro atoms. The number of aromatic nitrogens is 2. The van der Waals surface area contributed by atoms with Crippen LogP contribution in [-0.4, -0.2) is 27.7 Å². The molecule has 2 atom stereocenters. The summed E-state index contributed by atoms with van der Waals surface area (Å²) in [6, 6.07) is 10.3. The van der Waals surface area contributed by atoms with Gasteiger partial charge < -0.3 is 10.0 Å². The van der Waals surface area contributed by atoms with Gasteiger partial charge in [0, 0.05) is 36.2 Å². The summed E-state index contributed by atoms with van der Waals surface area (Å²) >= 11 is 0. The number of hydrogen-bond acceptors (Lipinski definition) is 4. The third-order valence-electron chi connectivity index (χ3n) is 4.36. The second-order valence-corrected chi connectivity index (χ2v) is 5.83. The standard InChI is InChI=1S/C18H16FN3O/c19-13-3-1-12(2-4-13)18-9-14(23)11-22(18)17-6-8-21-16-5-7-20-10-15(16)17/h1-8,10,14,18,23H,9,11H2/t14-,18-/m1/s1. The van der Waals surface area contributed by atoms with E-state index in [9.17, 15) is 9.50 Å². The molecule has 3 aromatic rings. The number of rotatable bonds is 2. The highest BCUT2D eigenvalue weighted by atomic mass is 19.1. The van der Waals surface area contributed by atoms with E-state index in [4.69, 9.17) is 0 Å². The highest BCUT2D eigenvalue weighted by Crippen LogP contribution is 2.38. The predicted molar refractivity (Wildman–Crippen MR) is 86.6 cm³/mol. The molecule has 0 saturated carbocycles. The van der Waals surface area contributed by atoms with Gasteiger partial charge in [-0.25, -0.2) is 4.39 Å². The van der Waals surface area contributed by atoms with Crippen LogP contribution in [0.4, 0.5) is 10.1 Å². The molecular weight excluding hydrogens is 293 g/mol. The van der Waals surface area contributed by atoms with Gasteiger partial charge in [-0.2, -0.15) is 0 Å². The SMILES string of the molecule is O[C@@H]1C[C@H](c2ccc(F)cc2)N(c2ccnc3ccncc23)C1. The second-order valence-electron chi connectivity index (χ2n) is 5.83. The molecule has 4 nitrogen and oxygen atoms in total. The molecule has 23 heavy (non-hydrogen) atoms. The summed E-state index contributed by atoms with van der Waals surface area (Å²) in [4.78, 5) is 10.7. The fourth-order valence-corrected chi connectivity index (χ4v) is 3.31. The molecule has 2 aromatic heterocycles. The van der Waals surface area contributed by atoms with Crippen molar-refractivity contribution in [2.24, 2.45) is 0 Å². The maximum Gasteiger partial charge on any atom is 0.123 e. The summed E-state index contributed by atoms with van der Waals surface area (Å²) in [7, 11) is 0. The van der Waals surface area contributed by atoms with Gasteiger partial charge in [0.25, 0.3) is 0 Å². The Morgan fingerprint density at radius 3 is 2.74 bits per heavy atom. The molecule has 1 aliphatic heterocycles. The Balaban J connectivity index is 1.80. The third-order valence-corrected chi connectivity index (χ3v) is 4.36. The smallest absolute Gasteiger partial charge is 0.123 e. The first kappa shape index (κ1) is 14.1. The molecule has 1 N–H and O–H groups in total. The quantitative estimate of drug-likeness (QED) is 0.790. The highest BCUT2D eigenvalue weighted by Gasteiger charge is 2.33. The summed E-state index contributed by atoms with van der Waals surface area (Å²) in [5.41, 5.74) is 2.86. The summed E-state index contributed by atoms with van der Waals surface area (Å²) < 4.78 is 13.2. The van der Waals surface area contributed by atoms with E-state index in [1.165, 1.54) is 12.1 Å². The normalized spacial score (nSPS) is 21.0. The Kier molecular flexibility index (Phi) is 3.42. The van der Waals surface area contributed by atoms with Crippen LogP contribution in [-0.2, 0) is 0 Å². The highest BCUT2D eigenvalue weighted by molar-refractivity contribution is 5.91. The molecule has 1 fully saturated rings. The zero-order valence-corrected chi connectivity index (χ0v) is 12.4. The zero-order chi connectivity index (χ0) is 15.8. The van der Waals surface area contributed by atoms with Crippen molar-refractivity contribution in [1.29, 1.82) is 0 Å². The van der Waals surface area contributed by atoms with Gasteiger partial charge in [-0.05, 0) is 36.2 Å². The molecule has 116 valence electrons. The number of halogens is 1. The van der Waals surface area contributed by atoms with Gasteiger partial charge in [0.05, 0.1) is 17.7 Å². The Labute approximate surface area is 133 Å². The minimum atomic E-state index is -0.412. The maximum absolute atomic E-state index is 13.2. The third kappa shape index (κ3) is 2.53. The maximum atomic E-state index is 13.2. The number of hydrogen-bond donors (Lipinski definition) is 1. The van der Waals surface area contributed by atoms with Crippen molar-refractivity contribution in [3.8, 4) is 0 Å². The number of aliphatic hydroxyl groups excluding tert-OH is 1. The number of β-amino-alcohol motifs (C(OH)–C–C–N with tert-alkyl or cyclic N) is 1. The van der Waals surface area contributed by atoms with Gasteiger partial charge in [0.1, 0.15) is 5.82 Å². The molecule has 0 aliphatic carbocycles. The molecule has 1 saturated heterocycles. The predicted octanol–water partition coefficient (Wildman–Crippen LogP) is 3.08. The van der Waals surface area contributed by atoms with Crippen molar-refractivity contribution >= 4 is 16.6 Å². The van der Waals surface area contributed by atoms with Crippen molar-refractivity contribution in [3.05, 3.63) is 66.4 Å². The van der Waals surface area contributed by atoms with Crippen molar-refractivity contribution in [2.75, 3.05) is 11.4 Å². The van der Waals surface area contributed by atoms with E-state index in [1.54, 1.807) is 30.7 Å². The van der Waals surface area contributed by atoms with Gasteiger partial charge in [0.2, 0.25) is 0 Å². The van der Waals surface area contributed by atoms with E-state index >= 15 is 0 Å². The van der Waals surface area contributed by atoms with Gasteiger partial charge in [-0.1, -0.05) is 12.1 Å². The molecule has 1 aromatic carbocycles. The Morgan fingerprint density at radius 2 is 1.91 bits per heavy atom. The Bertz CT molecular complexity index is 832. The van der Waals surface area contributed by atoms with Crippen molar-refractivity contribution < 1.29 is 9.50 Å². The molecule has 1 aliphatic rings. The van der Waals surface area contributed by atoms with Gasteiger partial charge in [-0.3, -0.25) is 9.97 Å². The first-order valence-corrected chi connectivity index (χ1v) is 7.61. The lowest BCUT2D eigenvalue weighted by atomic mass is 10.0. The lowest BCUT2D eigenvalue weighted by molar-refractivity contribution is 0.194. The summed E-state index contributed by atoms with van der Waals surface area (Å²) in [5.74, 6) is -0.252. The van der Waals surface area contributed by atoms with Gasteiger partial charge in [0.15, 0.2) is 0 Å².